The van der Waals surface area contributed by atoms with E-state index in [0.29, 0.717) is 18.3 Å². The molecule has 6 atom stereocenters. The molecule has 0 radical (unpaired) electrons. The summed E-state index contributed by atoms with van der Waals surface area (Å²) in [5.41, 5.74) is 4.81. The Morgan fingerprint density at radius 1 is 0.968 bits per heavy atom. The van der Waals surface area contributed by atoms with Crippen LogP contribution in [0.25, 0.3) is 0 Å². The van der Waals surface area contributed by atoms with Gasteiger partial charge in [0.2, 0.25) is 0 Å². The third kappa shape index (κ3) is 4.22. The molecule has 0 amide bonds. The highest BCUT2D eigenvalue weighted by Gasteiger charge is 2.55. The van der Waals surface area contributed by atoms with E-state index >= 15 is 0 Å². The Labute approximate surface area is 189 Å². The molecule has 2 aliphatic rings. The van der Waals surface area contributed by atoms with Gasteiger partial charge in [0.05, 0.1) is 18.3 Å². The van der Waals surface area contributed by atoms with Crippen LogP contribution in [0.15, 0.2) is 54.6 Å². The molecule has 0 aliphatic heterocycles. The lowest BCUT2D eigenvalue weighted by Gasteiger charge is -2.59. The lowest BCUT2D eigenvalue weighted by atomic mass is 9.46. The summed E-state index contributed by atoms with van der Waals surface area (Å²) in [6.07, 6.45) is 5.22. The van der Waals surface area contributed by atoms with E-state index in [1.165, 1.54) is 24.8 Å². The summed E-state index contributed by atoms with van der Waals surface area (Å²) in [5, 5.41) is 9.92. The average Bonchev–Trinajstić information content (AvgIpc) is 2.72. The summed E-state index contributed by atoms with van der Waals surface area (Å²) in [5.74, 6) is 1.09. The molecular formula is C29H40O2. The highest BCUT2D eigenvalue weighted by molar-refractivity contribution is 5.39. The zero-order chi connectivity index (χ0) is 22.2. The molecule has 0 saturated heterocycles. The van der Waals surface area contributed by atoms with Gasteiger partial charge in [-0.3, -0.25) is 0 Å². The Hall–Kier alpha value is -1.64. The molecular weight excluding hydrogens is 380 g/mol. The minimum Gasteiger partial charge on any atom is -0.393 e. The molecule has 31 heavy (non-hydrogen) atoms. The van der Waals surface area contributed by atoms with Gasteiger partial charge in [-0.1, -0.05) is 75.4 Å². The lowest BCUT2D eigenvalue weighted by molar-refractivity contribution is -0.123. The van der Waals surface area contributed by atoms with E-state index in [1.54, 1.807) is 11.1 Å². The number of fused-ring (bicyclic) bond motifs is 3. The molecule has 0 spiro atoms. The maximum absolute atomic E-state index is 9.92. The largest absolute Gasteiger partial charge is 0.393 e. The Kier molecular flexibility index (Phi) is 6.34. The van der Waals surface area contributed by atoms with Crippen molar-refractivity contribution in [3.8, 4) is 0 Å². The minimum atomic E-state index is -0.344. The van der Waals surface area contributed by atoms with Crippen LogP contribution in [0.2, 0.25) is 0 Å². The number of aliphatic hydroxyl groups excluding tert-OH is 1. The maximum Gasteiger partial charge on any atom is 0.0861 e. The van der Waals surface area contributed by atoms with Crippen LogP contribution in [0.4, 0.5) is 0 Å². The van der Waals surface area contributed by atoms with E-state index in [9.17, 15) is 5.11 Å². The second-order valence-corrected chi connectivity index (χ2v) is 11.0. The topological polar surface area (TPSA) is 29.5 Å². The molecule has 2 aliphatic carbocycles. The summed E-state index contributed by atoms with van der Waals surface area (Å²) < 4.78 is 6.74. The summed E-state index contributed by atoms with van der Waals surface area (Å²) in [7, 11) is 0. The monoisotopic (exact) mass is 420 g/mol. The standard InChI is InChI=1S/C29H40O2/c1-20(30)19-21(2)31-27(23-12-7-6-8-13-23)25-17-18-29(5)24-14-10-9-11-22(24)15-16-26(29)28(25,3)4/h6-14,20-21,25-27,30H,15-19H2,1-5H3/t20-,21-,25-,26?,27+,29-/m1/s1. The normalized spacial score (nSPS) is 30.0. The first kappa shape index (κ1) is 22.6. The second-order valence-electron chi connectivity index (χ2n) is 11.0. The summed E-state index contributed by atoms with van der Waals surface area (Å²) >= 11 is 0. The molecule has 4 rings (SSSR count). The lowest BCUT2D eigenvalue weighted by Crippen LogP contribution is -2.53. The van der Waals surface area contributed by atoms with Crippen LogP contribution in [0, 0.1) is 17.3 Å². The molecule has 2 aromatic rings. The highest BCUT2D eigenvalue weighted by atomic mass is 16.5. The van der Waals surface area contributed by atoms with E-state index in [1.807, 2.05) is 6.92 Å². The van der Waals surface area contributed by atoms with Crippen LogP contribution < -0.4 is 0 Å². The second kappa shape index (κ2) is 8.71. The van der Waals surface area contributed by atoms with E-state index in [0.717, 1.165) is 6.42 Å². The highest BCUT2D eigenvalue weighted by Crippen LogP contribution is 2.61. The molecule has 1 saturated carbocycles. The summed E-state index contributed by atoms with van der Waals surface area (Å²) in [4.78, 5) is 0. The van der Waals surface area contributed by atoms with Gasteiger partial charge in [-0.05, 0) is 85.3 Å². The number of ether oxygens (including phenoxy) is 1. The number of aliphatic hydroxyl groups is 1. The molecule has 1 unspecified atom stereocenters. The fourth-order valence-corrected chi connectivity index (χ4v) is 7.07. The van der Waals surface area contributed by atoms with Crippen molar-refractivity contribution < 1.29 is 9.84 Å². The zero-order valence-electron chi connectivity index (χ0n) is 20.0. The Bertz CT molecular complexity index is 871. The number of aryl methyl sites for hydroxylation is 1. The molecule has 1 N–H and O–H groups in total. The predicted molar refractivity (Wildman–Crippen MR) is 128 cm³/mol. The van der Waals surface area contributed by atoms with Crippen molar-refractivity contribution in [2.24, 2.45) is 17.3 Å². The maximum atomic E-state index is 9.92. The van der Waals surface area contributed by atoms with Crippen molar-refractivity contribution in [3.63, 3.8) is 0 Å². The van der Waals surface area contributed by atoms with Gasteiger partial charge in [-0.2, -0.15) is 0 Å². The van der Waals surface area contributed by atoms with Gasteiger partial charge < -0.3 is 9.84 Å². The molecule has 2 nitrogen and oxygen atoms in total. The SMILES string of the molecule is C[C@H](C[C@@H](C)O)O[C@@H](c1ccccc1)[C@H]1CC[C@]2(C)c3ccccc3CCC2C1(C)C. The molecule has 0 bridgehead atoms. The minimum absolute atomic E-state index is 0.0291. The first-order valence-corrected chi connectivity index (χ1v) is 12.2. The molecule has 2 aromatic carbocycles. The van der Waals surface area contributed by atoms with Crippen LogP contribution in [-0.2, 0) is 16.6 Å². The Morgan fingerprint density at radius 2 is 1.65 bits per heavy atom. The van der Waals surface area contributed by atoms with Gasteiger partial charge in [-0.15, -0.1) is 0 Å². The van der Waals surface area contributed by atoms with Crippen molar-refractivity contribution in [1.82, 2.24) is 0 Å². The van der Waals surface area contributed by atoms with Gasteiger partial charge >= 0.3 is 0 Å². The number of benzene rings is 2. The van der Waals surface area contributed by atoms with Gasteiger partial charge in [0, 0.05) is 0 Å². The third-order valence-corrected chi connectivity index (χ3v) is 8.48. The Balaban J connectivity index is 1.68. The van der Waals surface area contributed by atoms with E-state index in [-0.39, 0.29) is 29.1 Å². The molecule has 1 fully saturated rings. The van der Waals surface area contributed by atoms with Crippen LogP contribution in [0.1, 0.15) is 83.1 Å². The first-order chi connectivity index (χ1) is 14.7. The molecule has 2 heteroatoms. The summed E-state index contributed by atoms with van der Waals surface area (Å²) in [6, 6.07) is 19.9. The number of hydrogen-bond acceptors (Lipinski definition) is 2. The van der Waals surface area contributed by atoms with Crippen molar-refractivity contribution in [2.45, 2.75) is 90.4 Å². The van der Waals surface area contributed by atoms with E-state index in [2.05, 4.69) is 82.3 Å². The predicted octanol–water partition coefficient (Wildman–Crippen LogP) is 6.86. The van der Waals surface area contributed by atoms with Crippen LogP contribution >= 0.6 is 0 Å². The third-order valence-electron chi connectivity index (χ3n) is 8.48. The van der Waals surface area contributed by atoms with E-state index < -0.39 is 0 Å². The molecule has 168 valence electrons. The van der Waals surface area contributed by atoms with Crippen molar-refractivity contribution in [1.29, 1.82) is 0 Å². The van der Waals surface area contributed by atoms with Gasteiger partial charge in [0.15, 0.2) is 0 Å². The van der Waals surface area contributed by atoms with Gasteiger partial charge in [0.1, 0.15) is 0 Å². The average molecular weight is 421 g/mol. The fourth-order valence-electron chi connectivity index (χ4n) is 7.07. The van der Waals surface area contributed by atoms with Crippen LogP contribution in [-0.4, -0.2) is 17.3 Å². The Morgan fingerprint density at radius 3 is 2.35 bits per heavy atom. The number of rotatable bonds is 6. The van der Waals surface area contributed by atoms with Crippen molar-refractivity contribution in [2.75, 3.05) is 0 Å². The van der Waals surface area contributed by atoms with Crippen molar-refractivity contribution >= 4 is 0 Å². The fraction of sp³-hybridized carbons (Fsp3) is 0.586. The van der Waals surface area contributed by atoms with Crippen molar-refractivity contribution in [3.05, 3.63) is 71.3 Å². The smallest absolute Gasteiger partial charge is 0.0861 e. The van der Waals surface area contributed by atoms with Crippen LogP contribution in [0.3, 0.4) is 0 Å². The van der Waals surface area contributed by atoms with Gasteiger partial charge in [-0.25, -0.2) is 0 Å². The van der Waals surface area contributed by atoms with Gasteiger partial charge in [0.25, 0.3) is 0 Å². The number of hydrogen-bond donors (Lipinski definition) is 1. The first-order valence-electron chi connectivity index (χ1n) is 12.2. The molecule has 0 aromatic heterocycles. The zero-order valence-corrected chi connectivity index (χ0v) is 20.0. The van der Waals surface area contributed by atoms with Crippen LogP contribution in [0.5, 0.6) is 0 Å². The quantitative estimate of drug-likeness (QED) is 0.553. The summed E-state index contributed by atoms with van der Waals surface area (Å²) in [6.45, 7) is 11.5. The molecule has 0 heterocycles. The van der Waals surface area contributed by atoms with E-state index in [4.69, 9.17) is 4.74 Å².